The van der Waals surface area contributed by atoms with Gasteiger partial charge in [0, 0.05) is 20.2 Å². The predicted molar refractivity (Wildman–Crippen MR) is 74.8 cm³/mol. The van der Waals surface area contributed by atoms with Crippen LogP contribution in [0, 0.1) is 11.5 Å². The molecule has 1 amide bonds. The summed E-state index contributed by atoms with van der Waals surface area (Å²) in [7, 11) is 1.59. The Kier molecular flexibility index (Phi) is 6.08. The molecule has 0 bridgehead atoms. The van der Waals surface area contributed by atoms with Gasteiger partial charge in [-0.15, -0.1) is 0 Å². The number of rotatable bonds is 4. The lowest BCUT2D eigenvalue weighted by Crippen LogP contribution is -2.53. The van der Waals surface area contributed by atoms with Crippen LogP contribution in [0.5, 0.6) is 0 Å². The van der Waals surface area contributed by atoms with Gasteiger partial charge >= 0.3 is 6.09 Å². The molecule has 1 unspecified atom stereocenters. The van der Waals surface area contributed by atoms with E-state index in [0.29, 0.717) is 19.7 Å². The normalized spacial score (nSPS) is 19.4. The summed E-state index contributed by atoms with van der Waals surface area (Å²) in [4.78, 5) is 15.6. The maximum absolute atomic E-state index is 12.3. The first-order chi connectivity index (χ1) is 9.39. The van der Waals surface area contributed by atoms with Crippen LogP contribution in [0.3, 0.4) is 0 Å². The Morgan fingerprint density at radius 2 is 2.15 bits per heavy atom. The molecule has 20 heavy (non-hydrogen) atoms. The zero-order valence-corrected chi connectivity index (χ0v) is 12.9. The Balaban J connectivity index is 2.81. The monoisotopic (exact) mass is 283 g/mol. The average molecular weight is 283 g/mol. The van der Waals surface area contributed by atoms with Crippen LogP contribution in [0.25, 0.3) is 0 Å². The molecule has 0 aliphatic carbocycles. The van der Waals surface area contributed by atoms with Crippen molar-refractivity contribution in [2.45, 2.75) is 51.8 Å². The van der Waals surface area contributed by atoms with Crippen molar-refractivity contribution in [1.29, 1.82) is 5.26 Å². The highest BCUT2D eigenvalue weighted by Gasteiger charge is 2.33. The first kappa shape index (κ1) is 16.6. The molecular formula is C14H25N3O3. The first-order valence-corrected chi connectivity index (χ1v) is 7.04. The van der Waals surface area contributed by atoms with Crippen LogP contribution in [0.4, 0.5) is 4.79 Å². The van der Waals surface area contributed by atoms with Crippen LogP contribution in [0.15, 0.2) is 0 Å². The van der Waals surface area contributed by atoms with Crippen LogP contribution in [-0.2, 0) is 9.47 Å². The number of hydrogen-bond donors (Lipinski definition) is 0. The van der Waals surface area contributed by atoms with Crippen molar-refractivity contribution in [2.24, 2.45) is 0 Å². The average Bonchev–Trinajstić information content (AvgIpc) is 2.37. The zero-order valence-electron chi connectivity index (χ0n) is 12.9. The number of amides is 1. The second-order valence-corrected chi connectivity index (χ2v) is 5.94. The van der Waals surface area contributed by atoms with E-state index in [1.165, 1.54) is 0 Å². The van der Waals surface area contributed by atoms with Gasteiger partial charge in [-0.3, -0.25) is 9.80 Å². The third kappa shape index (κ3) is 4.89. The number of ether oxygens (including phenoxy) is 2. The SMILES string of the molecule is COCCN(C(=O)OC(C)(C)C)C1CCCCN1C#N. The lowest BCUT2D eigenvalue weighted by atomic mass is 10.1. The number of likely N-dealkylation sites (tertiary alicyclic amines) is 1. The minimum absolute atomic E-state index is 0.223. The smallest absolute Gasteiger partial charge is 0.412 e. The van der Waals surface area contributed by atoms with E-state index in [1.54, 1.807) is 16.9 Å². The molecule has 114 valence electrons. The number of methoxy groups -OCH3 is 1. The summed E-state index contributed by atoms with van der Waals surface area (Å²) in [5.74, 6) is 0. The van der Waals surface area contributed by atoms with E-state index < -0.39 is 5.60 Å². The number of carbonyl (C=O) groups is 1. The zero-order chi connectivity index (χ0) is 15.2. The second-order valence-electron chi connectivity index (χ2n) is 5.94. The molecule has 6 heteroatoms. The molecule has 1 aliphatic heterocycles. The van der Waals surface area contributed by atoms with Crippen molar-refractivity contribution in [3.8, 4) is 6.19 Å². The molecule has 6 nitrogen and oxygen atoms in total. The number of hydrogen-bond acceptors (Lipinski definition) is 5. The Labute approximate surface area is 121 Å². The summed E-state index contributed by atoms with van der Waals surface area (Å²) in [6, 6.07) is 0. The predicted octanol–water partition coefficient (Wildman–Crippen LogP) is 2.16. The number of piperidine rings is 1. The molecule has 1 fully saturated rings. The van der Waals surface area contributed by atoms with Gasteiger partial charge in [0.15, 0.2) is 6.19 Å². The molecule has 0 spiro atoms. The third-order valence-corrected chi connectivity index (χ3v) is 3.12. The quantitative estimate of drug-likeness (QED) is 0.740. The van der Waals surface area contributed by atoms with Gasteiger partial charge in [-0.05, 0) is 40.0 Å². The van der Waals surface area contributed by atoms with Crippen molar-refractivity contribution in [3.05, 3.63) is 0 Å². The molecule has 0 aromatic carbocycles. The Bertz CT molecular complexity index is 360. The molecule has 0 radical (unpaired) electrons. The van der Waals surface area contributed by atoms with Gasteiger partial charge in [-0.1, -0.05) is 0 Å². The van der Waals surface area contributed by atoms with E-state index in [-0.39, 0.29) is 12.3 Å². The molecule has 1 saturated heterocycles. The maximum atomic E-state index is 12.3. The van der Waals surface area contributed by atoms with Gasteiger partial charge in [0.1, 0.15) is 11.8 Å². The number of nitrogens with zero attached hydrogens (tertiary/aromatic N) is 3. The van der Waals surface area contributed by atoms with E-state index in [4.69, 9.17) is 9.47 Å². The standard InChI is InChI=1S/C14H25N3O3/c1-14(2,3)20-13(18)17(9-10-19-4)12-7-5-6-8-16(12)11-15/h12H,5-10H2,1-4H3. The highest BCUT2D eigenvalue weighted by molar-refractivity contribution is 5.68. The summed E-state index contributed by atoms with van der Waals surface area (Å²) in [6.07, 6.45) is 4.34. The largest absolute Gasteiger partial charge is 0.444 e. The van der Waals surface area contributed by atoms with Crippen molar-refractivity contribution in [2.75, 3.05) is 26.8 Å². The van der Waals surface area contributed by atoms with E-state index in [0.717, 1.165) is 19.3 Å². The molecule has 1 atom stereocenters. The Morgan fingerprint density at radius 3 is 2.70 bits per heavy atom. The molecule has 0 aromatic heterocycles. The lowest BCUT2D eigenvalue weighted by molar-refractivity contribution is -0.0162. The number of nitriles is 1. The summed E-state index contributed by atoms with van der Waals surface area (Å²) >= 11 is 0. The van der Waals surface area contributed by atoms with E-state index in [9.17, 15) is 10.1 Å². The topological polar surface area (TPSA) is 65.8 Å². The van der Waals surface area contributed by atoms with E-state index >= 15 is 0 Å². The summed E-state index contributed by atoms with van der Waals surface area (Å²) < 4.78 is 10.5. The van der Waals surface area contributed by atoms with Crippen molar-refractivity contribution in [3.63, 3.8) is 0 Å². The van der Waals surface area contributed by atoms with E-state index in [1.807, 2.05) is 20.8 Å². The summed E-state index contributed by atoms with van der Waals surface area (Å²) in [5, 5.41) is 9.22. The van der Waals surface area contributed by atoms with Crippen LogP contribution in [0.2, 0.25) is 0 Å². The molecule has 0 N–H and O–H groups in total. The highest BCUT2D eigenvalue weighted by Crippen LogP contribution is 2.21. The summed E-state index contributed by atoms with van der Waals surface area (Å²) in [5.41, 5.74) is -0.547. The molecule has 1 aliphatic rings. The molecular weight excluding hydrogens is 258 g/mol. The van der Waals surface area contributed by atoms with Crippen LogP contribution in [-0.4, -0.2) is 54.5 Å². The Morgan fingerprint density at radius 1 is 1.45 bits per heavy atom. The second kappa shape index (κ2) is 7.34. The van der Waals surface area contributed by atoms with Crippen LogP contribution < -0.4 is 0 Å². The van der Waals surface area contributed by atoms with Gasteiger partial charge in [0.25, 0.3) is 0 Å². The van der Waals surface area contributed by atoms with E-state index in [2.05, 4.69) is 6.19 Å². The summed E-state index contributed by atoms with van der Waals surface area (Å²) in [6.45, 7) is 7.05. The fourth-order valence-electron chi connectivity index (χ4n) is 2.23. The lowest BCUT2D eigenvalue weighted by Gasteiger charge is -2.40. The molecule has 0 aromatic rings. The van der Waals surface area contributed by atoms with Crippen LogP contribution in [0.1, 0.15) is 40.0 Å². The Hall–Kier alpha value is -1.48. The van der Waals surface area contributed by atoms with Crippen molar-refractivity contribution in [1.82, 2.24) is 9.80 Å². The minimum atomic E-state index is -0.547. The maximum Gasteiger partial charge on any atom is 0.412 e. The van der Waals surface area contributed by atoms with Crippen LogP contribution >= 0.6 is 0 Å². The fraction of sp³-hybridized carbons (Fsp3) is 0.857. The molecule has 1 heterocycles. The third-order valence-electron chi connectivity index (χ3n) is 3.12. The van der Waals surface area contributed by atoms with Crippen molar-refractivity contribution < 1.29 is 14.3 Å². The number of carbonyl (C=O) groups excluding carboxylic acids is 1. The first-order valence-electron chi connectivity index (χ1n) is 7.04. The highest BCUT2D eigenvalue weighted by atomic mass is 16.6. The van der Waals surface area contributed by atoms with Gasteiger partial charge < -0.3 is 9.47 Å². The van der Waals surface area contributed by atoms with Gasteiger partial charge in [-0.25, -0.2) is 4.79 Å². The molecule has 1 rings (SSSR count). The van der Waals surface area contributed by atoms with Gasteiger partial charge in [0.05, 0.1) is 6.61 Å². The van der Waals surface area contributed by atoms with Gasteiger partial charge in [0.2, 0.25) is 0 Å². The minimum Gasteiger partial charge on any atom is -0.444 e. The van der Waals surface area contributed by atoms with Gasteiger partial charge in [-0.2, -0.15) is 5.26 Å². The van der Waals surface area contributed by atoms with Crippen molar-refractivity contribution >= 4 is 6.09 Å². The molecule has 0 saturated carbocycles. The fourth-order valence-corrected chi connectivity index (χ4v) is 2.23.